The van der Waals surface area contributed by atoms with Gasteiger partial charge in [0.25, 0.3) is 0 Å². The molecule has 160 valence electrons. The Hall–Kier alpha value is -0.370. The minimum absolute atomic E-state index is 0.184. The van der Waals surface area contributed by atoms with E-state index in [4.69, 9.17) is 0 Å². The van der Waals surface area contributed by atoms with Gasteiger partial charge in [0, 0.05) is 11.8 Å². The average molecular weight is 389 g/mol. The minimum atomic E-state index is -0.184. The number of hydrogen-bond donors (Lipinski definition) is 1. The van der Waals surface area contributed by atoms with Gasteiger partial charge in [0.15, 0.2) is 0 Å². The quantitative estimate of drug-likeness (QED) is 0.617. The summed E-state index contributed by atoms with van der Waals surface area (Å²) in [6, 6.07) is 0. The molecule has 2 nitrogen and oxygen atoms in total. The van der Waals surface area contributed by atoms with Crippen LogP contribution in [0, 0.1) is 52.3 Å². The molecule has 0 radical (unpaired) electrons. The molecule has 4 rings (SSSR count). The molecule has 2 heteroatoms. The Bertz CT molecular complexity index is 599. The molecule has 4 aliphatic carbocycles. The number of hydrogen-bond acceptors (Lipinski definition) is 2. The van der Waals surface area contributed by atoms with Crippen molar-refractivity contribution in [2.75, 3.05) is 0 Å². The first-order valence-corrected chi connectivity index (χ1v) is 12.5. The largest absolute Gasteiger partial charge is 0.393 e. The summed E-state index contributed by atoms with van der Waals surface area (Å²) in [5.74, 6) is 4.30. The van der Waals surface area contributed by atoms with Crippen LogP contribution in [0.4, 0.5) is 0 Å². The molecule has 4 fully saturated rings. The zero-order chi connectivity index (χ0) is 20.3. The standard InChI is InChI=1S/C26H44O2/c1-6-8-16(3)19-9-10-20-23-21(12-14-25(19,20)4)26(5)13-11-17(27)15-22(26)18(7-2)24(23)28/h16-23,27H,6-15H2,1-5H3/t16-,17-,18-,19?,20?,21?,22+,23?,25-,26-/m1/s1. The van der Waals surface area contributed by atoms with Crippen molar-refractivity contribution in [2.45, 2.75) is 105 Å². The first-order valence-electron chi connectivity index (χ1n) is 12.5. The SMILES string of the molecule is CCC[C@@H](C)C1CCC2C3C(=O)[C@H](CC)[C@@H]4C[C@H](O)CC[C@]4(C)C3CC[C@@]21C. The lowest BCUT2D eigenvalue weighted by atomic mass is 9.42. The smallest absolute Gasteiger partial charge is 0.139 e. The lowest BCUT2D eigenvalue weighted by molar-refractivity contribution is -0.173. The van der Waals surface area contributed by atoms with Crippen LogP contribution in [0.5, 0.6) is 0 Å². The molecule has 4 unspecified atom stereocenters. The van der Waals surface area contributed by atoms with E-state index in [1.165, 1.54) is 38.5 Å². The summed E-state index contributed by atoms with van der Waals surface area (Å²) in [5.41, 5.74) is 0.647. The van der Waals surface area contributed by atoms with Crippen LogP contribution < -0.4 is 0 Å². The maximum absolute atomic E-state index is 13.9. The number of ketones is 1. The number of Topliss-reactive ketones (excluding diaryl/α,β-unsaturated/α-hetero) is 1. The van der Waals surface area contributed by atoms with Crippen LogP contribution >= 0.6 is 0 Å². The van der Waals surface area contributed by atoms with Crippen molar-refractivity contribution in [3.63, 3.8) is 0 Å². The Balaban J connectivity index is 1.68. The first-order chi connectivity index (χ1) is 13.3. The number of carbonyl (C=O) groups excluding carboxylic acids is 1. The van der Waals surface area contributed by atoms with E-state index in [9.17, 15) is 9.90 Å². The number of fused-ring (bicyclic) bond motifs is 5. The highest BCUT2D eigenvalue weighted by molar-refractivity contribution is 5.86. The van der Waals surface area contributed by atoms with E-state index in [0.717, 1.165) is 37.5 Å². The summed E-state index contributed by atoms with van der Waals surface area (Å²) >= 11 is 0. The molecule has 0 aromatic rings. The lowest BCUT2D eigenvalue weighted by Crippen LogP contribution is -2.60. The van der Waals surface area contributed by atoms with Gasteiger partial charge in [-0.2, -0.15) is 0 Å². The lowest BCUT2D eigenvalue weighted by Gasteiger charge is -2.62. The third-order valence-corrected chi connectivity index (χ3v) is 10.6. The zero-order valence-electron chi connectivity index (χ0n) is 19.0. The molecule has 0 aromatic carbocycles. The minimum Gasteiger partial charge on any atom is -0.393 e. The molecule has 0 saturated heterocycles. The van der Waals surface area contributed by atoms with Crippen LogP contribution in [0.25, 0.3) is 0 Å². The molecular weight excluding hydrogens is 344 g/mol. The predicted molar refractivity (Wildman–Crippen MR) is 115 cm³/mol. The number of aliphatic hydroxyl groups excluding tert-OH is 1. The number of carbonyl (C=O) groups is 1. The normalized spacial score (nSPS) is 51.9. The van der Waals surface area contributed by atoms with E-state index in [1.54, 1.807) is 0 Å². The van der Waals surface area contributed by atoms with E-state index in [-0.39, 0.29) is 17.4 Å². The van der Waals surface area contributed by atoms with E-state index >= 15 is 0 Å². The fourth-order valence-corrected chi connectivity index (χ4v) is 9.27. The van der Waals surface area contributed by atoms with Crippen LogP contribution in [0.15, 0.2) is 0 Å². The van der Waals surface area contributed by atoms with Gasteiger partial charge in [-0.1, -0.05) is 47.5 Å². The van der Waals surface area contributed by atoms with Crippen LogP contribution in [0.3, 0.4) is 0 Å². The Labute approximate surface area is 173 Å². The summed E-state index contributed by atoms with van der Waals surface area (Å²) in [4.78, 5) is 13.9. The highest BCUT2D eigenvalue weighted by Crippen LogP contribution is 2.68. The second-order valence-electron chi connectivity index (χ2n) is 11.7. The molecule has 4 saturated carbocycles. The van der Waals surface area contributed by atoms with Gasteiger partial charge in [-0.3, -0.25) is 4.79 Å². The number of rotatable bonds is 4. The Morgan fingerprint density at radius 1 is 1.00 bits per heavy atom. The molecule has 0 aliphatic heterocycles. The van der Waals surface area contributed by atoms with Crippen molar-refractivity contribution >= 4 is 5.78 Å². The van der Waals surface area contributed by atoms with Crippen LogP contribution in [-0.2, 0) is 4.79 Å². The van der Waals surface area contributed by atoms with Crippen molar-refractivity contribution < 1.29 is 9.90 Å². The van der Waals surface area contributed by atoms with Crippen molar-refractivity contribution in [1.29, 1.82) is 0 Å². The molecule has 0 aromatic heterocycles. The second kappa shape index (κ2) is 7.40. The summed E-state index contributed by atoms with van der Waals surface area (Å²) in [7, 11) is 0. The van der Waals surface area contributed by atoms with E-state index in [1.807, 2.05) is 0 Å². The van der Waals surface area contributed by atoms with Gasteiger partial charge in [0.2, 0.25) is 0 Å². The molecule has 0 amide bonds. The fourth-order valence-electron chi connectivity index (χ4n) is 9.27. The van der Waals surface area contributed by atoms with E-state index in [0.29, 0.717) is 34.9 Å². The highest BCUT2D eigenvalue weighted by atomic mass is 16.3. The molecule has 10 atom stereocenters. The third-order valence-electron chi connectivity index (χ3n) is 10.6. The van der Waals surface area contributed by atoms with Crippen molar-refractivity contribution in [3.05, 3.63) is 0 Å². The molecule has 4 aliphatic rings. The van der Waals surface area contributed by atoms with Crippen molar-refractivity contribution in [3.8, 4) is 0 Å². The molecular formula is C26H44O2. The third kappa shape index (κ3) is 2.87. The highest BCUT2D eigenvalue weighted by Gasteiger charge is 2.64. The maximum atomic E-state index is 13.9. The van der Waals surface area contributed by atoms with Gasteiger partial charge < -0.3 is 5.11 Å². The van der Waals surface area contributed by atoms with Gasteiger partial charge in [0.05, 0.1) is 6.10 Å². The topological polar surface area (TPSA) is 37.3 Å². The van der Waals surface area contributed by atoms with Gasteiger partial charge in [-0.25, -0.2) is 0 Å². The Kier molecular flexibility index (Phi) is 5.52. The van der Waals surface area contributed by atoms with Gasteiger partial charge >= 0.3 is 0 Å². The molecule has 0 bridgehead atoms. The second-order valence-corrected chi connectivity index (χ2v) is 11.7. The fraction of sp³-hybridized carbons (Fsp3) is 0.962. The van der Waals surface area contributed by atoms with Gasteiger partial charge in [0.1, 0.15) is 5.78 Å². The molecule has 0 spiro atoms. The van der Waals surface area contributed by atoms with Crippen LogP contribution in [-0.4, -0.2) is 17.0 Å². The Morgan fingerprint density at radius 2 is 1.68 bits per heavy atom. The van der Waals surface area contributed by atoms with Crippen molar-refractivity contribution in [1.82, 2.24) is 0 Å². The summed E-state index contributed by atoms with van der Waals surface area (Å²) < 4.78 is 0. The number of aliphatic hydroxyl groups is 1. The first kappa shape index (κ1) is 20.9. The molecule has 0 heterocycles. The molecule has 1 N–H and O–H groups in total. The van der Waals surface area contributed by atoms with Crippen LogP contribution in [0.1, 0.15) is 98.8 Å². The molecule has 28 heavy (non-hydrogen) atoms. The van der Waals surface area contributed by atoms with E-state index in [2.05, 4.69) is 34.6 Å². The van der Waals surface area contributed by atoms with Crippen LogP contribution in [0.2, 0.25) is 0 Å². The van der Waals surface area contributed by atoms with Gasteiger partial charge in [-0.05, 0) is 91.8 Å². The van der Waals surface area contributed by atoms with Gasteiger partial charge in [-0.15, -0.1) is 0 Å². The summed E-state index contributed by atoms with van der Waals surface area (Å²) in [6.07, 6.45) is 11.5. The summed E-state index contributed by atoms with van der Waals surface area (Å²) in [5, 5.41) is 10.4. The predicted octanol–water partition coefficient (Wildman–Crippen LogP) is 6.26. The van der Waals surface area contributed by atoms with Crippen molar-refractivity contribution in [2.24, 2.45) is 52.3 Å². The zero-order valence-corrected chi connectivity index (χ0v) is 19.0. The monoisotopic (exact) mass is 388 g/mol. The summed E-state index contributed by atoms with van der Waals surface area (Å²) in [6.45, 7) is 12.1. The average Bonchev–Trinajstić information content (AvgIpc) is 3.01. The Morgan fingerprint density at radius 3 is 2.36 bits per heavy atom. The van der Waals surface area contributed by atoms with E-state index < -0.39 is 0 Å². The maximum Gasteiger partial charge on any atom is 0.139 e.